The maximum absolute atomic E-state index is 12.7. The number of carbonyl (C=O) groups excluding carboxylic acids is 1. The molecular weight excluding hydrogens is 306 g/mol. The number of rotatable bonds is 4. The van der Waals surface area contributed by atoms with Crippen LogP contribution in [0.5, 0.6) is 5.75 Å². The summed E-state index contributed by atoms with van der Waals surface area (Å²) in [4.78, 5) is 25.9. The van der Waals surface area contributed by atoms with Gasteiger partial charge >= 0.3 is 5.97 Å². The van der Waals surface area contributed by atoms with Crippen molar-refractivity contribution in [1.29, 1.82) is 0 Å². The number of methoxy groups -OCH3 is 1. The van der Waals surface area contributed by atoms with Gasteiger partial charge in [-0.05, 0) is 29.8 Å². The summed E-state index contributed by atoms with van der Waals surface area (Å²) in [5, 5.41) is 9.53. The summed E-state index contributed by atoms with van der Waals surface area (Å²) in [6, 6.07) is 16.4. The Kier molecular flexibility index (Phi) is 4.51. The van der Waals surface area contributed by atoms with E-state index in [1.807, 2.05) is 30.3 Å². The van der Waals surface area contributed by atoms with E-state index in [2.05, 4.69) is 0 Å². The zero-order chi connectivity index (χ0) is 17.1. The van der Waals surface area contributed by atoms with E-state index in [1.165, 1.54) is 0 Å². The number of hydrogen-bond acceptors (Lipinski definition) is 3. The molecule has 1 fully saturated rings. The summed E-state index contributed by atoms with van der Waals surface area (Å²) in [6.07, 6.45) is 0. The number of carboxylic acids is 1. The SMILES string of the molecule is COc1ccc(C(=O)N2CC(C(=O)O)C(c3ccccc3)C2)cc1. The second-order valence-electron chi connectivity index (χ2n) is 5.90. The molecule has 0 spiro atoms. The molecule has 3 rings (SSSR count). The van der Waals surface area contributed by atoms with Crippen LogP contribution < -0.4 is 4.74 Å². The van der Waals surface area contributed by atoms with Crippen LogP contribution in [-0.4, -0.2) is 42.1 Å². The highest BCUT2D eigenvalue weighted by molar-refractivity contribution is 5.95. The molecule has 5 heteroatoms. The zero-order valence-corrected chi connectivity index (χ0v) is 13.4. The molecule has 1 amide bonds. The lowest BCUT2D eigenvalue weighted by atomic mass is 9.89. The van der Waals surface area contributed by atoms with Crippen molar-refractivity contribution in [2.24, 2.45) is 5.92 Å². The maximum Gasteiger partial charge on any atom is 0.308 e. The molecule has 0 bridgehead atoms. The van der Waals surface area contributed by atoms with Crippen LogP contribution in [-0.2, 0) is 4.79 Å². The Hall–Kier alpha value is -2.82. The summed E-state index contributed by atoms with van der Waals surface area (Å²) in [6.45, 7) is 0.631. The van der Waals surface area contributed by atoms with E-state index in [-0.39, 0.29) is 18.4 Å². The second-order valence-corrected chi connectivity index (χ2v) is 5.90. The van der Waals surface area contributed by atoms with Crippen LogP contribution in [0.4, 0.5) is 0 Å². The number of ether oxygens (including phenoxy) is 1. The molecule has 2 unspecified atom stereocenters. The average molecular weight is 325 g/mol. The third kappa shape index (κ3) is 3.11. The fourth-order valence-corrected chi connectivity index (χ4v) is 3.17. The topological polar surface area (TPSA) is 66.8 Å². The lowest BCUT2D eigenvalue weighted by Crippen LogP contribution is -2.29. The normalized spacial score (nSPS) is 20.0. The van der Waals surface area contributed by atoms with Crippen LogP contribution in [0.1, 0.15) is 21.8 Å². The van der Waals surface area contributed by atoms with Crippen LogP contribution in [0.3, 0.4) is 0 Å². The quantitative estimate of drug-likeness (QED) is 0.938. The lowest BCUT2D eigenvalue weighted by Gasteiger charge is -2.16. The Morgan fingerprint density at radius 3 is 2.29 bits per heavy atom. The van der Waals surface area contributed by atoms with Gasteiger partial charge in [-0.2, -0.15) is 0 Å². The molecule has 24 heavy (non-hydrogen) atoms. The highest BCUT2D eigenvalue weighted by Crippen LogP contribution is 2.33. The Morgan fingerprint density at radius 2 is 1.71 bits per heavy atom. The summed E-state index contributed by atoms with van der Waals surface area (Å²) < 4.78 is 5.10. The first-order valence-corrected chi connectivity index (χ1v) is 7.81. The summed E-state index contributed by atoms with van der Waals surface area (Å²) in [5.74, 6) is -1.12. The largest absolute Gasteiger partial charge is 0.497 e. The molecule has 1 aliphatic rings. The van der Waals surface area contributed by atoms with Crippen LogP contribution in [0, 0.1) is 5.92 Å². The molecule has 124 valence electrons. The van der Waals surface area contributed by atoms with E-state index in [9.17, 15) is 14.7 Å². The monoisotopic (exact) mass is 325 g/mol. The predicted molar refractivity (Wildman–Crippen MR) is 89.2 cm³/mol. The first-order valence-electron chi connectivity index (χ1n) is 7.81. The van der Waals surface area contributed by atoms with Crippen LogP contribution in [0.25, 0.3) is 0 Å². The second kappa shape index (κ2) is 6.74. The maximum atomic E-state index is 12.7. The first kappa shape index (κ1) is 16.1. The average Bonchev–Trinajstić information content (AvgIpc) is 3.07. The van der Waals surface area contributed by atoms with Crippen LogP contribution in [0.15, 0.2) is 54.6 Å². The molecule has 5 nitrogen and oxygen atoms in total. The van der Waals surface area contributed by atoms with Gasteiger partial charge in [0.2, 0.25) is 0 Å². The molecule has 0 saturated carbocycles. The highest BCUT2D eigenvalue weighted by Gasteiger charge is 2.40. The van der Waals surface area contributed by atoms with Gasteiger partial charge in [0.1, 0.15) is 5.75 Å². The summed E-state index contributed by atoms with van der Waals surface area (Å²) in [7, 11) is 1.57. The number of hydrogen-bond donors (Lipinski definition) is 1. The highest BCUT2D eigenvalue weighted by atomic mass is 16.5. The third-order valence-corrected chi connectivity index (χ3v) is 4.49. The van der Waals surface area contributed by atoms with Crippen molar-refractivity contribution in [3.8, 4) is 5.75 Å². The molecule has 2 aromatic rings. The predicted octanol–water partition coefficient (Wildman–Crippen LogP) is 2.64. The molecule has 1 N–H and O–H groups in total. The van der Waals surface area contributed by atoms with Gasteiger partial charge in [0.25, 0.3) is 5.91 Å². The minimum atomic E-state index is -0.867. The molecular formula is C19H19NO4. The van der Waals surface area contributed by atoms with Gasteiger partial charge in [-0.25, -0.2) is 0 Å². The van der Waals surface area contributed by atoms with Gasteiger partial charge in [-0.1, -0.05) is 30.3 Å². The third-order valence-electron chi connectivity index (χ3n) is 4.49. The Morgan fingerprint density at radius 1 is 1.04 bits per heavy atom. The molecule has 2 aromatic carbocycles. The Labute approximate surface area is 140 Å². The lowest BCUT2D eigenvalue weighted by molar-refractivity contribution is -0.141. The minimum Gasteiger partial charge on any atom is -0.497 e. The molecule has 1 aliphatic heterocycles. The number of nitrogens with zero attached hydrogens (tertiary/aromatic N) is 1. The van der Waals surface area contributed by atoms with Crippen LogP contribution >= 0.6 is 0 Å². The number of benzene rings is 2. The van der Waals surface area contributed by atoms with Gasteiger partial charge in [0.15, 0.2) is 0 Å². The molecule has 0 aliphatic carbocycles. The van der Waals surface area contributed by atoms with Crippen LogP contribution in [0.2, 0.25) is 0 Å². The van der Waals surface area contributed by atoms with Gasteiger partial charge in [-0.15, -0.1) is 0 Å². The number of carboxylic acid groups (broad SMARTS) is 1. The first-order chi connectivity index (χ1) is 11.6. The van der Waals surface area contributed by atoms with E-state index < -0.39 is 11.9 Å². The van der Waals surface area contributed by atoms with E-state index in [0.29, 0.717) is 17.9 Å². The Balaban J connectivity index is 1.82. The molecule has 1 saturated heterocycles. The van der Waals surface area contributed by atoms with Crippen molar-refractivity contribution >= 4 is 11.9 Å². The smallest absolute Gasteiger partial charge is 0.308 e. The number of carbonyl (C=O) groups is 2. The van der Waals surface area contributed by atoms with E-state index in [0.717, 1.165) is 5.56 Å². The van der Waals surface area contributed by atoms with Gasteiger partial charge in [0.05, 0.1) is 13.0 Å². The van der Waals surface area contributed by atoms with Crippen molar-refractivity contribution in [3.63, 3.8) is 0 Å². The van der Waals surface area contributed by atoms with Crippen molar-refractivity contribution in [1.82, 2.24) is 4.90 Å². The van der Waals surface area contributed by atoms with Gasteiger partial charge in [0, 0.05) is 24.6 Å². The number of likely N-dealkylation sites (tertiary alicyclic amines) is 1. The Bertz CT molecular complexity index is 727. The van der Waals surface area contributed by atoms with Crippen molar-refractivity contribution < 1.29 is 19.4 Å². The van der Waals surface area contributed by atoms with Crippen molar-refractivity contribution in [2.75, 3.05) is 20.2 Å². The molecule has 0 aromatic heterocycles. The van der Waals surface area contributed by atoms with Gasteiger partial charge in [-0.3, -0.25) is 9.59 Å². The summed E-state index contributed by atoms with van der Waals surface area (Å²) >= 11 is 0. The van der Waals surface area contributed by atoms with E-state index in [1.54, 1.807) is 36.3 Å². The number of amides is 1. The molecule has 2 atom stereocenters. The standard InChI is InChI=1S/C19H19NO4/c1-24-15-9-7-14(8-10-15)18(21)20-11-16(17(12-20)19(22)23)13-5-3-2-4-6-13/h2-10,16-17H,11-12H2,1H3,(H,22,23). The van der Waals surface area contributed by atoms with Gasteiger partial charge < -0.3 is 14.7 Å². The van der Waals surface area contributed by atoms with E-state index in [4.69, 9.17) is 4.74 Å². The van der Waals surface area contributed by atoms with Crippen molar-refractivity contribution in [3.05, 3.63) is 65.7 Å². The van der Waals surface area contributed by atoms with E-state index >= 15 is 0 Å². The summed E-state index contributed by atoms with van der Waals surface area (Å²) in [5.41, 5.74) is 1.49. The fourth-order valence-electron chi connectivity index (χ4n) is 3.17. The number of aliphatic carboxylic acids is 1. The fraction of sp³-hybridized carbons (Fsp3) is 0.263. The molecule has 1 heterocycles. The zero-order valence-electron chi connectivity index (χ0n) is 13.4. The van der Waals surface area contributed by atoms with Crippen molar-refractivity contribution in [2.45, 2.75) is 5.92 Å². The molecule has 0 radical (unpaired) electrons. The minimum absolute atomic E-state index is 0.151.